The van der Waals surface area contributed by atoms with Gasteiger partial charge >= 0.3 is 0 Å². The van der Waals surface area contributed by atoms with Gasteiger partial charge in [0.1, 0.15) is 0 Å². The fourth-order valence-electron chi connectivity index (χ4n) is 3.56. The number of aromatic nitrogens is 1. The Morgan fingerprint density at radius 1 is 1.24 bits per heavy atom. The summed E-state index contributed by atoms with van der Waals surface area (Å²) in [7, 11) is 0. The molecule has 1 aliphatic heterocycles. The number of hydrogen-bond acceptors (Lipinski definition) is 4. The Balaban J connectivity index is 1.68. The first-order valence-electron chi connectivity index (χ1n) is 8.47. The highest BCUT2D eigenvalue weighted by atomic mass is 32.1. The Hall–Kier alpha value is -1.98. The molecule has 0 saturated carbocycles. The molecule has 128 valence electrons. The van der Waals surface area contributed by atoms with Crippen LogP contribution in [0.15, 0.2) is 41.8 Å². The molecule has 3 aromatic rings. The van der Waals surface area contributed by atoms with E-state index < -0.39 is 0 Å². The van der Waals surface area contributed by atoms with Crippen LogP contribution in [0.5, 0.6) is 0 Å². The molecule has 0 N–H and O–H groups in total. The predicted octanol–water partition coefficient (Wildman–Crippen LogP) is 4.54. The Kier molecular flexibility index (Phi) is 4.44. The van der Waals surface area contributed by atoms with E-state index >= 15 is 0 Å². The van der Waals surface area contributed by atoms with Gasteiger partial charge in [-0.05, 0) is 42.8 Å². The lowest BCUT2D eigenvalue weighted by Gasteiger charge is -2.36. The molecule has 0 radical (unpaired) electrons. The summed E-state index contributed by atoms with van der Waals surface area (Å²) in [4.78, 5) is 22.2. The molecule has 5 heteroatoms. The second-order valence-corrected chi connectivity index (χ2v) is 8.66. The fourth-order valence-corrected chi connectivity index (χ4v) is 5.39. The van der Waals surface area contributed by atoms with Crippen LogP contribution in [0.25, 0.3) is 0 Å². The second-order valence-electron chi connectivity index (χ2n) is 6.37. The van der Waals surface area contributed by atoms with Crippen molar-refractivity contribution >= 4 is 28.6 Å². The number of nitrogens with zero attached hydrogens (tertiary/aromatic N) is 2. The number of benzene rings is 1. The zero-order chi connectivity index (χ0) is 17.4. The van der Waals surface area contributed by atoms with Crippen LogP contribution in [0.3, 0.4) is 0 Å². The number of fused-ring (bicyclic) bond motifs is 1. The van der Waals surface area contributed by atoms with Gasteiger partial charge in [0, 0.05) is 16.3 Å². The molecule has 4 rings (SSSR count). The molecular formula is C20H20N2OS2. The van der Waals surface area contributed by atoms with Gasteiger partial charge in [-0.1, -0.05) is 30.3 Å². The van der Waals surface area contributed by atoms with Crippen molar-refractivity contribution in [2.45, 2.75) is 32.7 Å². The Morgan fingerprint density at radius 2 is 2.04 bits per heavy atom. The molecule has 0 aliphatic carbocycles. The monoisotopic (exact) mass is 368 g/mol. The van der Waals surface area contributed by atoms with Gasteiger partial charge in [-0.3, -0.25) is 4.79 Å². The maximum absolute atomic E-state index is 13.2. The van der Waals surface area contributed by atoms with Crippen molar-refractivity contribution in [3.8, 4) is 0 Å². The highest BCUT2D eigenvalue weighted by molar-refractivity contribution is 7.11. The van der Waals surface area contributed by atoms with Crippen LogP contribution in [0.2, 0.25) is 0 Å². The summed E-state index contributed by atoms with van der Waals surface area (Å²) in [6.07, 6.45) is 1.39. The number of thiophene rings is 1. The van der Waals surface area contributed by atoms with Gasteiger partial charge in [-0.2, -0.15) is 0 Å². The maximum atomic E-state index is 13.2. The van der Waals surface area contributed by atoms with E-state index in [-0.39, 0.29) is 11.9 Å². The summed E-state index contributed by atoms with van der Waals surface area (Å²) in [5.41, 5.74) is 3.46. The van der Waals surface area contributed by atoms with E-state index in [9.17, 15) is 4.79 Å². The zero-order valence-corrected chi connectivity index (χ0v) is 16.0. The highest BCUT2D eigenvalue weighted by Gasteiger charge is 2.32. The molecule has 0 fully saturated rings. The van der Waals surface area contributed by atoms with E-state index in [1.165, 1.54) is 16.0 Å². The van der Waals surface area contributed by atoms with E-state index in [2.05, 4.69) is 45.6 Å². The summed E-state index contributed by atoms with van der Waals surface area (Å²) in [6, 6.07) is 12.6. The first-order valence-corrected chi connectivity index (χ1v) is 10.2. The number of hydrogen-bond donors (Lipinski definition) is 0. The molecule has 1 amide bonds. The van der Waals surface area contributed by atoms with E-state index in [4.69, 9.17) is 0 Å². The van der Waals surface area contributed by atoms with E-state index in [1.54, 1.807) is 22.7 Å². The number of rotatable bonds is 3. The summed E-state index contributed by atoms with van der Waals surface area (Å²) in [5.74, 6) is 0.192. The van der Waals surface area contributed by atoms with Crippen molar-refractivity contribution in [1.82, 2.24) is 9.88 Å². The van der Waals surface area contributed by atoms with Crippen LogP contribution in [-0.4, -0.2) is 22.3 Å². The van der Waals surface area contributed by atoms with E-state index in [1.807, 2.05) is 19.9 Å². The van der Waals surface area contributed by atoms with Gasteiger partial charge in [0.2, 0.25) is 5.91 Å². The number of carbonyl (C=O) groups excluding carboxylic acids is 1. The molecule has 1 atom stereocenters. The number of aryl methyl sites for hydroxylation is 2. The number of amides is 1. The van der Waals surface area contributed by atoms with E-state index in [0.29, 0.717) is 6.42 Å². The third kappa shape index (κ3) is 3.14. The summed E-state index contributed by atoms with van der Waals surface area (Å²) < 4.78 is 0. The molecule has 3 nitrogen and oxygen atoms in total. The smallest absolute Gasteiger partial charge is 0.228 e. The molecule has 1 aromatic carbocycles. The summed E-state index contributed by atoms with van der Waals surface area (Å²) in [5, 5.41) is 3.17. The second kappa shape index (κ2) is 6.73. The molecule has 25 heavy (non-hydrogen) atoms. The van der Waals surface area contributed by atoms with Gasteiger partial charge in [0.15, 0.2) is 0 Å². The standard InChI is InChI=1S/C20H20N2OS2/c1-13-18(25-14(2)21-13)12-19(23)22-10-8-17-16(9-11-24-17)20(22)15-6-4-3-5-7-15/h3-7,9,11,20H,8,10,12H2,1-2H3/t20-/m1/s1. The molecule has 0 unspecified atom stereocenters. The van der Waals surface area contributed by atoms with Crippen molar-refractivity contribution in [3.05, 3.63) is 73.4 Å². The SMILES string of the molecule is Cc1nc(C)c(CC(=O)N2CCc3sccc3[C@H]2c2ccccc2)s1. The molecule has 0 bridgehead atoms. The minimum Gasteiger partial charge on any atom is -0.331 e. The molecule has 0 saturated heterocycles. The lowest BCUT2D eigenvalue weighted by Crippen LogP contribution is -2.40. The predicted molar refractivity (Wildman–Crippen MR) is 103 cm³/mol. The average molecular weight is 369 g/mol. The van der Waals surface area contributed by atoms with Crippen molar-refractivity contribution < 1.29 is 4.79 Å². The normalized spacial score (nSPS) is 16.7. The third-order valence-electron chi connectivity index (χ3n) is 4.71. The van der Waals surface area contributed by atoms with Crippen LogP contribution >= 0.6 is 22.7 Å². The van der Waals surface area contributed by atoms with Crippen LogP contribution in [-0.2, 0) is 17.6 Å². The molecule has 3 heterocycles. The third-order valence-corrected chi connectivity index (χ3v) is 6.78. The first-order chi connectivity index (χ1) is 12.1. The highest BCUT2D eigenvalue weighted by Crippen LogP contribution is 2.38. The van der Waals surface area contributed by atoms with Gasteiger partial charge < -0.3 is 4.90 Å². The van der Waals surface area contributed by atoms with Crippen molar-refractivity contribution in [2.75, 3.05) is 6.54 Å². The van der Waals surface area contributed by atoms with Crippen molar-refractivity contribution in [3.63, 3.8) is 0 Å². The van der Waals surface area contributed by atoms with E-state index in [0.717, 1.165) is 28.5 Å². The fraction of sp³-hybridized carbons (Fsp3) is 0.300. The van der Waals surface area contributed by atoms with Gasteiger partial charge in [0.05, 0.1) is 23.2 Å². The van der Waals surface area contributed by atoms with Crippen LogP contribution < -0.4 is 0 Å². The van der Waals surface area contributed by atoms with Crippen molar-refractivity contribution in [1.29, 1.82) is 0 Å². The molecule has 0 spiro atoms. The lowest BCUT2D eigenvalue weighted by molar-refractivity contribution is -0.132. The molecule has 2 aromatic heterocycles. The van der Waals surface area contributed by atoms with Crippen LogP contribution in [0.4, 0.5) is 0 Å². The molecular weight excluding hydrogens is 348 g/mol. The topological polar surface area (TPSA) is 33.2 Å². The maximum Gasteiger partial charge on any atom is 0.228 e. The van der Waals surface area contributed by atoms with Crippen LogP contribution in [0.1, 0.15) is 37.6 Å². The Labute approximate surface area is 156 Å². The largest absolute Gasteiger partial charge is 0.331 e. The van der Waals surface area contributed by atoms with Gasteiger partial charge in [-0.15, -0.1) is 22.7 Å². The summed E-state index contributed by atoms with van der Waals surface area (Å²) in [6.45, 7) is 4.77. The summed E-state index contributed by atoms with van der Waals surface area (Å²) >= 11 is 3.44. The van der Waals surface area contributed by atoms with Crippen molar-refractivity contribution in [2.24, 2.45) is 0 Å². The average Bonchev–Trinajstić information content (AvgIpc) is 3.20. The minimum absolute atomic E-state index is 0.0259. The quantitative estimate of drug-likeness (QED) is 0.680. The lowest BCUT2D eigenvalue weighted by atomic mass is 9.93. The van der Waals surface area contributed by atoms with Crippen LogP contribution in [0, 0.1) is 13.8 Å². The zero-order valence-electron chi connectivity index (χ0n) is 14.4. The molecule has 1 aliphatic rings. The Morgan fingerprint density at radius 3 is 2.76 bits per heavy atom. The van der Waals surface area contributed by atoms with Gasteiger partial charge in [-0.25, -0.2) is 4.98 Å². The minimum atomic E-state index is 0.0259. The number of carbonyl (C=O) groups is 1. The Bertz CT molecular complexity index is 898. The van der Waals surface area contributed by atoms with Gasteiger partial charge in [0.25, 0.3) is 0 Å². The first kappa shape index (κ1) is 16.5. The number of thiazole rings is 1.